The van der Waals surface area contributed by atoms with E-state index < -0.39 is 97.5 Å². The third kappa shape index (κ3) is 61.6. The van der Waals surface area contributed by atoms with Crippen LogP contribution < -0.4 is 0 Å². The third-order valence-corrected chi connectivity index (χ3v) is 18.1. The molecule has 0 radical (unpaired) electrons. The van der Waals surface area contributed by atoms with E-state index in [0.717, 1.165) is 120 Å². The van der Waals surface area contributed by atoms with Crippen LogP contribution >= 0.6 is 15.6 Å². The topological polar surface area (TPSA) is 237 Å². The van der Waals surface area contributed by atoms with Crippen molar-refractivity contribution in [1.29, 1.82) is 0 Å². The quantitative estimate of drug-likeness (QED) is 0.0222. The van der Waals surface area contributed by atoms with Crippen LogP contribution in [0.3, 0.4) is 0 Å². The molecule has 0 aromatic heterocycles. The molecule has 0 spiro atoms. The smallest absolute Gasteiger partial charge is 0.462 e. The van der Waals surface area contributed by atoms with Crippen LogP contribution in [0.25, 0.3) is 0 Å². The minimum absolute atomic E-state index is 0.105. The van der Waals surface area contributed by atoms with Crippen molar-refractivity contribution in [2.75, 3.05) is 39.6 Å². The molecule has 19 heteroatoms. The van der Waals surface area contributed by atoms with Crippen molar-refractivity contribution in [1.82, 2.24) is 0 Å². The average Bonchev–Trinajstić information content (AvgIpc) is 3.56. The summed E-state index contributed by atoms with van der Waals surface area (Å²) in [6.07, 6.45) is 40.4. The van der Waals surface area contributed by atoms with Crippen molar-refractivity contribution < 1.29 is 80.2 Å². The Kier molecular flexibility index (Phi) is 57.6. The van der Waals surface area contributed by atoms with Crippen molar-refractivity contribution in [3.63, 3.8) is 0 Å². The molecule has 0 saturated heterocycles. The molecule has 0 aromatic carbocycles. The lowest BCUT2D eigenvalue weighted by molar-refractivity contribution is -0.161. The summed E-state index contributed by atoms with van der Waals surface area (Å²) in [5.74, 6) is 0.819. The van der Waals surface area contributed by atoms with E-state index in [2.05, 4.69) is 55.4 Å². The van der Waals surface area contributed by atoms with Crippen molar-refractivity contribution in [2.45, 2.75) is 356 Å². The van der Waals surface area contributed by atoms with Gasteiger partial charge in [0.1, 0.15) is 19.3 Å². The van der Waals surface area contributed by atoms with Gasteiger partial charge in [0.2, 0.25) is 0 Å². The van der Waals surface area contributed by atoms with Gasteiger partial charge in [-0.15, -0.1) is 0 Å². The van der Waals surface area contributed by atoms with Gasteiger partial charge in [0, 0.05) is 25.7 Å². The number of esters is 4. The second kappa shape index (κ2) is 58.8. The summed E-state index contributed by atoms with van der Waals surface area (Å²) in [5.41, 5.74) is 0. The zero-order valence-corrected chi connectivity index (χ0v) is 59.1. The number of carbonyl (C=O) groups is 4. The van der Waals surface area contributed by atoms with Crippen LogP contribution in [0.5, 0.6) is 0 Å². The van der Waals surface area contributed by atoms with Crippen LogP contribution in [0.1, 0.15) is 338 Å². The predicted octanol–water partition coefficient (Wildman–Crippen LogP) is 19.3. The van der Waals surface area contributed by atoms with Gasteiger partial charge >= 0.3 is 39.5 Å². The molecule has 88 heavy (non-hydrogen) atoms. The molecule has 522 valence electrons. The van der Waals surface area contributed by atoms with Gasteiger partial charge in [-0.1, -0.05) is 287 Å². The molecule has 0 amide bonds. The van der Waals surface area contributed by atoms with E-state index in [-0.39, 0.29) is 25.7 Å². The second-order valence-electron chi connectivity index (χ2n) is 26.6. The summed E-state index contributed by atoms with van der Waals surface area (Å²) in [4.78, 5) is 72.4. The SMILES string of the molecule is CCC(C)CCCCCCCCC(=O)OC[C@H](COP(=O)(O)OC[C@@H](O)COP(=O)(O)OC[C@@H](COC(=O)CCCCCCCCC(C)C)OC(=O)CCCCCCCCCCCCCC(C)C)OC(=O)CCCCCCCCCCCCCCC(C)C. The van der Waals surface area contributed by atoms with Gasteiger partial charge in [-0.25, -0.2) is 9.13 Å². The second-order valence-corrected chi connectivity index (χ2v) is 29.5. The molecule has 0 rings (SSSR count). The van der Waals surface area contributed by atoms with Crippen molar-refractivity contribution in [3.05, 3.63) is 0 Å². The van der Waals surface area contributed by atoms with Crippen LogP contribution in [0, 0.1) is 23.7 Å². The highest BCUT2D eigenvalue weighted by Crippen LogP contribution is 2.45. The highest BCUT2D eigenvalue weighted by Gasteiger charge is 2.30. The summed E-state index contributed by atoms with van der Waals surface area (Å²) in [6.45, 7) is 14.0. The van der Waals surface area contributed by atoms with Crippen LogP contribution in [-0.4, -0.2) is 96.7 Å². The minimum atomic E-state index is -4.95. The zero-order chi connectivity index (χ0) is 65.4. The molecule has 3 N–H and O–H groups in total. The number of rotatable bonds is 66. The van der Waals surface area contributed by atoms with E-state index >= 15 is 0 Å². The first kappa shape index (κ1) is 86.1. The molecule has 0 fully saturated rings. The molecule has 0 aliphatic rings. The molecular formula is C69H134O17P2. The van der Waals surface area contributed by atoms with Crippen molar-refractivity contribution in [3.8, 4) is 0 Å². The van der Waals surface area contributed by atoms with Gasteiger partial charge in [0.15, 0.2) is 12.2 Å². The normalized spacial score (nSPS) is 14.6. The maximum absolute atomic E-state index is 13.0. The fourth-order valence-electron chi connectivity index (χ4n) is 10.3. The maximum atomic E-state index is 13.0. The van der Waals surface area contributed by atoms with Crippen LogP contribution in [0.15, 0.2) is 0 Å². The molecule has 17 nitrogen and oxygen atoms in total. The van der Waals surface area contributed by atoms with Gasteiger partial charge in [0.25, 0.3) is 0 Å². The van der Waals surface area contributed by atoms with Gasteiger partial charge in [0.05, 0.1) is 26.4 Å². The molecule has 0 bridgehead atoms. The Hall–Kier alpha value is -1.94. The summed E-state index contributed by atoms with van der Waals surface area (Å²) in [6, 6.07) is 0. The van der Waals surface area contributed by atoms with E-state index in [0.29, 0.717) is 31.6 Å². The average molecular weight is 1300 g/mol. The Morgan fingerprint density at radius 2 is 0.545 bits per heavy atom. The molecule has 0 aromatic rings. The number of aliphatic hydroxyl groups is 1. The van der Waals surface area contributed by atoms with Gasteiger partial charge in [-0.2, -0.15) is 0 Å². The molecule has 3 unspecified atom stereocenters. The molecule has 0 saturated carbocycles. The van der Waals surface area contributed by atoms with Crippen LogP contribution in [0.4, 0.5) is 0 Å². The summed E-state index contributed by atoms with van der Waals surface area (Å²) >= 11 is 0. The molecule has 0 aliphatic heterocycles. The number of unbranched alkanes of at least 4 members (excludes halogenated alkanes) is 31. The molecule has 0 heterocycles. The largest absolute Gasteiger partial charge is 0.472 e. The monoisotopic (exact) mass is 1300 g/mol. The number of carbonyl (C=O) groups excluding carboxylic acids is 4. The number of hydrogen-bond donors (Lipinski definition) is 3. The van der Waals surface area contributed by atoms with Gasteiger partial charge < -0.3 is 33.8 Å². The highest BCUT2D eigenvalue weighted by molar-refractivity contribution is 7.47. The summed E-state index contributed by atoms with van der Waals surface area (Å²) < 4.78 is 68.2. The van der Waals surface area contributed by atoms with Crippen LogP contribution in [0.2, 0.25) is 0 Å². The maximum Gasteiger partial charge on any atom is 0.472 e. The number of phosphoric acid groups is 2. The van der Waals surface area contributed by atoms with Crippen molar-refractivity contribution in [2.24, 2.45) is 23.7 Å². The van der Waals surface area contributed by atoms with E-state index in [4.69, 9.17) is 37.0 Å². The first-order valence-corrected chi connectivity index (χ1v) is 38.7. The lowest BCUT2D eigenvalue weighted by Crippen LogP contribution is -2.30. The number of aliphatic hydroxyl groups excluding tert-OH is 1. The Balaban J connectivity index is 5.24. The summed E-state index contributed by atoms with van der Waals surface area (Å²) in [5, 5.41) is 10.6. The highest BCUT2D eigenvalue weighted by atomic mass is 31.2. The predicted molar refractivity (Wildman–Crippen MR) is 354 cm³/mol. The number of phosphoric ester groups is 2. The lowest BCUT2D eigenvalue weighted by atomic mass is 10.00. The number of hydrogen-bond acceptors (Lipinski definition) is 15. The Morgan fingerprint density at radius 1 is 0.318 bits per heavy atom. The standard InChI is InChI=1S/C69H134O17P2/c1-9-62(8)48-40-32-26-28-34-42-50-67(72)80-56-65(86-68(73)51-43-35-23-19-15-11-10-13-17-21-29-37-45-59(2)3)58-84-88(77,78)82-54-63(70)53-81-87(75,76)83-57-64(55-79-66(71)49-41-33-27-25-31-39-47-61(6)7)85-69(74)52-44-36-24-20-16-12-14-18-22-30-38-46-60(4)5/h59-65,70H,9-58H2,1-8H3,(H,75,76)(H,77,78)/t62?,63-,64+,65+/m0/s1. The minimum Gasteiger partial charge on any atom is -0.462 e. The van der Waals surface area contributed by atoms with E-state index in [1.807, 2.05) is 0 Å². The zero-order valence-electron chi connectivity index (χ0n) is 57.3. The molecular weight excluding hydrogens is 1160 g/mol. The van der Waals surface area contributed by atoms with E-state index in [9.17, 15) is 43.2 Å². The number of ether oxygens (including phenoxy) is 4. The van der Waals surface area contributed by atoms with Gasteiger partial charge in [-0.05, 0) is 49.4 Å². The fraction of sp³-hybridized carbons (Fsp3) is 0.942. The van der Waals surface area contributed by atoms with E-state index in [1.54, 1.807) is 0 Å². The van der Waals surface area contributed by atoms with Gasteiger partial charge in [-0.3, -0.25) is 37.3 Å². The molecule has 0 aliphatic carbocycles. The Labute approximate surface area is 537 Å². The Morgan fingerprint density at radius 3 is 0.807 bits per heavy atom. The molecule has 6 atom stereocenters. The first-order valence-electron chi connectivity index (χ1n) is 35.7. The summed E-state index contributed by atoms with van der Waals surface area (Å²) in [7, 11) is -9.90. The van der Waals surface area contributed by atoms with E-state index in [1.165, 1.54) is 128 Å². The van der Waals surface area contributed by atoms with Crippen molar-refractivity contribution >= 4 is 39.5 Å². The van der Waals surface area contributed by atoms with Crippen LogP contribution in [-0.2, 0) is 65.4 Å². The fourth-order valence-corrected chi connectivity index (χ4v) is 11.9. The Bertz CT molecular complexity index is 1750. The lowest BCUT2D eigenvalue weighted by Gasteiger charge is -2.21. The first-order chi connectivity index (χ1) is 42.1. The third-order valence-electron chi connectivity index (χ3n) is 16.2.